The van der Waals surface area contributed by atoms with Gasteiger partial charge in [0, 0.05) is 36.3 Å². The van der Waals surface area contributed by atoms with Gasteiger partial charge in [-0.05, 0) is 17.9 Å². The molecule has 1 atom stereocenters. The van der Waals surface area contributed by atoms with Gasteiger partial charge in [0.2, 0.25) is 0 Å². The molecule has 1 unspecified atom stereocenters. The quantitative estimate of drug-likeness (QED) is 0.770. The predicted octanol–water partition coefficient (Wildman–Crippen LogP) is 2.29. The van der Waals surface area contributed by atoms with Crippen LogP contribution in [0.15, 0.2) is 46.8 Å². The molecular formula is C23H26N2O5. The summed E-state index contributed by atoms with van der Waals surface area (Å²) in [5, 5.41) is 2.83. The molecule has 7 heteroatoms. The van der Waals surface area contributed by atoms with Crippen molar-refractivity contribution in [2.75, 3.05) is 27.3 Å². The van der Waals surface area contributed by atoms with Crippen molar-refractivity contribution in [3.63, 3.8) is 0 Å². The van der Waals surface area contributed by atoms with Crippen molar-refractivity contribution in [2.24, 2.45) is 5.41 Å². The van der Waals surface area contributed by atoms with Gasteiger partial charge in [0.05, 0.1) is 25.7 Å². The maximum Gasteiger partial charge on any atom is 0.337 e. The number of benzene rings is 1. The van der Waals surface area contributed by atoms with Gasteiger partial charge in [0.1, 0.15) is 11.4 Å². The number of hydrogen-bond donors (Lipinski definition) is 1. The van der Waals surface area contributed by atoms with Crippen LogP contribution in [0.4, 0.5) is 0 Å². The number of nitrogens with one attached hydrogen (secondary N) is 1. The number of piperazine rings is 1. The molecule has 1 N–H and O–H groups in total. The summed E-state index contributed by atoms with van der Waals surface area (Å²) in [4.78, 5) is 41.2. The molecule has 1 aliphatic carbocycles. The number of Topliss-reactive ketones (excluding diaryl/α,β-unsaturated/α-hetero) is 1. The molecule has 1 saturated heterocycles. The SMILES string of the molecule is COC(=O)C1=C2C(=O)NCCN2C2=C(C(=O)CC(C)(C)C2)C1c1ccccc1OC. The van der Waals surface area contributed by atoms with E-state index in [0.717, 1.165) is 5.70 Å². The van der Waals surface area contributed by atoms with Gasteiger partial charge in [0.25, 0.3) is 5.91 Å². The maximum atomic E-state index is 13.4. The number of esters is 1. The van der Waals surface area contributed by atoms with Gasteiger partial charge in [0.15, 0.2) is 5.78 Å². The third-order valence-electron chi connectivity index (χ3n) is 6.02. The number of amides is 1. The lowest BCUT2D eigenvalue weighted by atomic mass is 9.67. The van der Waals surface area contributed by atoms with Crippen molar-refractivity contribution >= 4 is 17.7 Å². The Morgan fingerprint density at radius 1 is 1.17 bits per heavy atom. The number of fused-ring (bicyclic) bond motifs is 2. The fourth-order valence-corrected chi connectivity index (χ4v) is 4.83. The van der Waals surface area contributed by atoms with E-state index in [-0.39, 0.29) is 28.4 Å². The number of para-hydroxylation sites is 1. The van der Waals surface area contributed by atoms with Crippen molar-refractivity contribution in [3.05, 3.63) is 52.4 Å². The Bertz CT molecular complexity index is 1000. The van der Waals surface area contributed by atoms with Crippen LogP contribution in [-0.4, -0.2) is 49.9 Å². The average molecular weight is 410 g/mol. The van der Waals surface area contributed by atoms with Crippen LogP contribution in [0.5, 0.6) is 5.75 Å². The second-order valence-electron chi connectivity index (χ2n) is 8.64. The predicted molar refractivity (Wildman–Crippen MR) is 110 cm³/mol. The first-order valence-electron chi connectivity index (χ1n) is 10.1. The van der Waals surface area contributed by atoms with Crippen molar-refractivity contribution in [3.8, 4) is 5.75 Å². The summed E-state index contributed by atoms with van der Waals surface area (Å²) in [6, 6.07) is 7.29. The van der Waals surface area contributed by atoms with Crippen LogP contribution >= 0.6 is 0 Å². The second-order valence-corrected chi connectivity index (χ2v) is 8.64. The molecular weight excluding hydrogens is 384 g/mol. The summed E-state index contributed by atoms with van der Waals surface area (Å²) in [6.45, 7) is 5.05. The molecule has 0 spiro atoms. The van der Waals surface area contributed by atoms with Gasteiger partial charge in [-0.2, -0.15) is 0 Å². The van der Waals surface area contributed by atoms with Gasteiger partial charge in [-0.25, -0.2) is 4.79 Å². The highest BCUT2D eigenvalue weighted by Crippen LogP contribution is 2.51. The van der Waals surface area contributed by atoms with Crippen molar-refractivity contribution < 1.29 is 23.9 Å². The third kappa shape index (κ3) is 3.09. The Hall–Kier alpha value is -3.09. The van der Waals surface area contributed by atoms with Crippen molar-refractivity contribution in [1.82, 2.24) is 10.2 Å². The minimum Gasteiger partial charge on any atom is -0.496 e. The number of ketones is 1. The number of ether oxygens (including phenoxy) is 2. The lowest BCUT2D eigenvalue weighted by molar-refractivity contribution is -0.137. The zero-order valence-corrected chi connectivity index (χ0v) is 17.7. The molecule has 0 bridgehead atoms. The second kappa shape index (κ2) is 7.31. The van der Waals surface area contributed by atoms with Gasteiger partial charge < -0.3 is 19.7 Å². The van der Waals surface area contributed by atoms with Crippen molar-refractivity contribution in [1.29, 1.82) is 0 Å². The Labute approximate surface area is 175 Å². The molecule has 0 radical (unpaired) electrons. The normalized spacial score (nSPS) is 22.9. The van der Waals surface area contributed by atoms with E-state index in [9.17, 15) is 14.4 Å². The fraction of sp³-hybridized carbons (Fsp3) is 0.435. The lowest BCUT2D eigenvalue weighted by Gasteiger charge is -2.46. The summed E-state index contributed by atoms with van der Waals surface area (Å²) in [5.41, 5.74) is 2.29. The van der Waals surface area contributed by atoms with E-state index < -0.39 is 11.9 Å². The largest absolute Gasteiger partial charge is 0.496 e. The van der Waals surface area contributed by atoms with Crippen LogP contribution in [0.2, 0.25) is 0 Å². The minimum atomic E-state index is -0.720. The van der Waals surface area contributed by atoms with E-state index in [0.29, 0.717) is 42.8 Å². The summed E-state index contributed by atoms with van der Waals surface area (Å²) in [5.74, 6) is -1.12. The molecule has 3 aliphatic rings. The van der Waals surface area contributed by atoms with E-state index in [1.54, 1.807) is 13.2 Å². The van der Waals surface area contributed by atoms with Crippen LogP contribution in [0, 0.1) is 5.41 Å². The van der Waals surface area contributed by atoms with E-state index in [1.165, 1.54) is 7.11 Å². The molecule has 30 heavy (non-hydrogen) atoms. The molecule has 158 valence electrons. The van der Waals surface area contributed by atoms with E-state index in [2.05, 4.69) is 19.2 Å². The summed E-state index contributed by atoms with van der Waals surface area (Å²) in [6.07, 6.45) is 1.02. The van der Waals surface area contributed by atoms with Crippen LogP contribution in [0.3, 0.4) is 0 Å². The van der Waals surface area contributed by atoms with Crippen molar-refractivity contribution in [2.45, 2.75) is 32.6 Å². The van der Waals surface area contributed by atoms with Crippen LogP contribution < -0.4 is 10.1 Å². The van der Waals surface area contributed by atoms with Gasteiger partial charge in [-0.3, -0.25) is 9.59 Å². The molecule has 4 rings (SSSR count). The van der Waals surface area contributed by atoms with E-state index >= 15 is 0 Å². The van der Waals surface area contributed by atoms with E-state index in [4.69, 9.17) is 9.47 Å². The van der Waals surface area contributed by atoms with Crippen LogP contribution in [0.1, 0.15) is 38.2 Å². The Morgan fingerprint density at radius 3 is 2.60 bits per heavy atom. The van der Waals surface area contributed by atoms with Crippen LogP contribution in [0.25, 0.3) is 0 Å². The standard InChI is InChI=1S/C23H26N2O5/c1-23(2)11-14-18(15(26)12-23)17(13-7-5-6-8-16(13)29-3)19(22(28)30-4)20-21(27)24-9-10-25(14)20/h5-8,17H,9-12H2,1-4H3,(H,24,27). The molecule has 1 aromatic rings. The smallest absolute Gasteiger partial charge is 0.337 e. The molecule has 0 aromatic heterocycles. The lowest BCUT2D eigenvalue weighted by Crippen LogP contribution is -2.51. The van der Waals surface area contributed by atoms with E-state index in [1.807, 2.05) is 23.1 Å². The first-order chi connectivity index (χ1) is 14.3. The molecule has 7 nitrogen and oxygen atoms in total. The number of methoxy groups -OCH3 is 2. The Kier molecular flexibility index (Phi) is 4.92. The number of rotatable bonds is 3. The number of carbonyl (C=O) groups is 3. The number of carbonyl (C=O) groups excluding carboxylic acids is 3. The fourth-order valence-electron chi connectivity index (χ4n) is 4.83. The Balaban J connectivity index is 2.05. The number of allylic oxidation sites excluding steroid dienone is 2. The highest BCUT2D eigenvalue weighted by molar-refractivity contribution is 6.09. The molecule has 1 aromatic carbocycles. The highest BCUT2D eigenvalue weighted by atomic mass is 16.5. The zero-order valence-electron chi connectivity index (χ0n) is 17.7. The number of hydrogen-bond acceptors (Lipinski definition) is 6. The molecule has 2 aliphatic heterocycles. The highest BCUT2D eigenvalue weighted by Gasteiger charge is 2.49. The molecule has 2 heterocycles. The average Bonchev–Trinajstić information content (AvgIpc) is 2.72. The summed E-state index contributed by atoms with van der Waals surface area (Å²) >= 11 is 0. The third-order valence-corrected chi connectivity index (χ3v) is 6.02. The Morgan fingerprint density at radius 2 is 1.90 bits per heavy atom. The monoisotopic (exact) mass is 410 g/mol. The van der Waals surface area contributed by atoms with Crippen LogP contribution in [-0.2, 0) is 19.1 Å². The van der Waals surface area contributed by atoms with Gasteiger partial charge in [-0.15, -0.1) is 0 Å². The van der Waals surface area contributed by atoms with Gasteiger partial charge >= 0.3 is 5.97 Å². The first kappa shape index (κ1) is 20.2. The molecule has 0 saturated carbocycles. The zero-order chi connectivity index (χ0) is 21.6. The molecule has 1 fully saturated rings. The topological polar surface area (TPSA) is 84.9 Å². The molecule has 1 amide bonds. The summed E-state index contributed by atoms with van der Waals surface area (Å²) in [7, 11) is 2.84. The maximum absolute atomic E-state index is 13.4. The summed E-state index contributed by atoms with van der Waals surface area (Å²) < 4.78 is 10.6. The van der Waals surface area contributed by atoms with Gasteiger partial charge in [-0.1, -0.05) is 32.0 Å². The number of nitrogens with zero attached hydrogens (tertiary/aromatic N) is 1. The minimum absolute atomic E-state index is 0.0106. The first-order valence-corrected chi connectivity index (χ1v) is 10.1.